The minimum absolute atomic E-state index is 0.0487. The fourth-order valence-electron chi connectivity index (χ4n) is 3.10. The van der Waals surface area contributed by atoms with Gasteiger partial charge in [-0.2, -0.15) is 5.10 Å². The lowest BCUT2D eigenvalue weighted by atomic mass is 10.0. The summed E-state index contributed by atoms with van der Waals surface area (Å²) in [7, 11) is 0. The van der Waals surface area contributed by atoms with Crippen LogP contribution in [0, 0.1) is 31.1 Å². The molecule has 0 bridgehead atoms. The Morgan fingerprint density at radius 3 is 2.36 bits per heavy atom. The number of ether oxygens (including phenoxy) is 1. The Morgan fingerprint density at radius 2 is 1.76 bits per heavy atom. The number of nitrogens with zero attached hydrogens (tertiary/aromatic N) is 2. The van der Waals surface area contributed by atoms with Crippen molar-refractivity contribution in [1.82, 2.24) is 5.43 Å². The summed E-state index contributed by atoms with van der Waals surface area (Å²) in [6.45, 7) is 4.32. The summed E-state index contributed by atoms with van der Waals surface area (Å²) in [5.74, 6) is 0.552. The smallest absolute Gasteiger partial charge is 0.269 e. The molecule has 0 aliphatic heterocycles. The number of hydrazone groups is 1. The van der Waals surface area contributed by atoms with Crippen molar-refractivity contribution in [3.8, 4) is 5.75 Å². The van der Waals surface area contributed by atoms with E-state index >= 15 is 0 Å². The molecule has 7 nitrogen and oxygen atoms in total. The maximum Gasteiger partial charge on any atom is 0.269 e. The van der Waals surface area contributed by atoms with Crippen LogP contribution in [0.2, 0.25) is 0 Å². The first-order valence-corrected chi connectivity index (χ1v) is 12.1. The van der Waals surface area contributed by atoms with Gasteiger partial charge in [0, 0.05) is 12.1 Å². The second-order valence-electron chi connectivity index (χ2n) is 7.43. The molecular formula is C24H21I2N3O4. The number of nitro benzene ring substituents is 1. The number of non-ortho nitro benzene ring substituents is 1. The van der Waals surface area contributed by atoms with E-state index in [1.807, 2.05) is 38.1 Å². The van der Waals surface area contributed by atoms with Gasteiger partial charge in [-0.3, -0.25) is 14.9 Å². The topological polar surface area (TPSA) is 93.8 Å². The van der Waals surface area contributed by atoms with Gasteiger partial charge in [0.05, 0.1) is 24.7 Å². The van der Waals surface area contributed by atoms with Crippen LogP contribution in [0.4, 0.5) is 5.69 Å². The molecule has 0 aliphatic carbocycles. The molecule has 9 heteroatoms. The molecule has 0 unspecified atom stereocenters. The summed E-state index contributed by atoms with van der Waals surface area (Å²) in [5, 5.41) is 14.9. The normalized spacial score (nSPS) is 10.9. The molecule has 33 heavy (non-hydrogen) atoms. The average Bonchev–Trinajstić information content (AvgIpc) is 2.75. The molecule has 0 aliphatic rings. The number of benzene rings is 3. The SMILES string of the molecule is Cc1ccc(CC(=O)N/N=C\c2cc(I)c(OCc3ccc([N+](=O)[O-])cc3)c(I)c2)c(C)c1. The highest BCUT2D eigenvalue weighted by Gasteiger charge is 2.10. The third-order valence-corrected chi connectivity index (χ3v) is 6.41. The number of hydrogen-bond acceptors (Lipinski definition) is 5. The predicted octanol–water partition coefficient (Wildman–Crippen LogP) is 5.69. The number of nitrogens with one attached hydrogen (secondary N) is 1. The minimum Gasteiger partial charge on any atom is -0.487 e. The van der Waals surface area contributed by atoms with Crippen LogP contribution in [0.15, 0.2) is 59.7 Å². The average molecular weight is 669 g/mol. The Hall–Kier alpha value is -2.54. The Morgan fingerprint density at radius 1 is 1.09 bits per heavy atom. The number of rotatable bonds is 8. The number of carbonyl (C=O) groups excluding carboxylic acids is 1. The van der Waals surface area contributed by atoms with E-state index in [2.05, 4.69) is 61.8 Å². The minimum atomic E-state index is -0.428. The molecule has 0 radical (unpaired) electrons. The lowest BCUT2D eigenvalue weighted by Crippen LogP contribution is -2.20. The summed E-state index contributed by atoms with van der Waals surface area (Å²) in [4.78, 5) is 22.6. The zero-order valence-electron chi connectivity index (χ0n) is 18.0. The molecule has 3 aromatic carbocycles. The monoisotopic (exact) mass is 669 g/mol. The molecule has 1 N–H and O–H groups in total. The van der Waals surface area contributed by atoms with Crippen molar-refractivity contribution in [1.29, 1.82) is 0 Å². The summed E-state index contributed by atoms with van der Waals surface area (Å²) in [6, 6.07) is 16.1. The van der Waals surface area contributed by atoms with E-state index in [0.717, 1.165) is 35.1 Å². The molecule has 0 spiro atoms. The first-order chi connectivity index (χ1) is 15.7. The molecule has 3 rings (SSSR count). The number of halogens is 2. The second kappa shape index (κ2) is 11.5. The van der Waals surface area contributed by atoms with Crippen LogP contribution in [0.1, 0.15) is 27.8 Å². The first kappa shape index (κ1) is 25.1. The van der Waals surface area contributed by atoms with Crippen molar-refractivity contribution < 1.29 is 14.5 Å². The van der Waals surface area contributed by atoms with Crippen LogP contribution in [0.3, 0.4) is 0 Å². The van der Waals surface area contributed by atoms with E-state index in [-0.39, 0.29) is 18.0 Å². The van der Waals surface area contributed by atoms with Gasteiger partial charge in [0.15, 0.2) is 0 Å². The van der Waals surface area contributed by atoms with Gasteiger partial charge in [-0.1, -0.05) is 23.8 Å². The van der Waals surface area contributed by atoms with Crippen molar-refractivity contribution in [3.63, 3.8) is 0 Å². The second-order valence-corrected chi connectivity index (χ2v) is 9.75. The summed E-state index contributed by atoms with van der Waals surface area (Å²) >= 11 is 4.37. The van der Waals surface area contributed by atoms with E-state index in [1.54, 1.807) is 18.3 Å². The molecule has 170 valence electrons. The maximum absolute atomic E-state index is 12.2. The quantitative estimate of drug-likeness (QED) is 0.144. The molecule has 0 saturated carbocycles. The van der Waals surface area contributed by atoms with Crippen LogP contribution in [0.25, 0.3) is 0 Å². The highest BCUT2D eigenvalue weighted by atomic mass is 127. The van der Waals surface area contributed by atoms with E-state index < -0.39 is 4.92 Å². The van der Waals surface area contributed by atoms with Crippen LogP contribution in [-0.4, -0.2) is 17.0 Å². The van der Waals surface area contributed by atoms with Crippen molar-refractivity contribution in [2.24, 2.45) is 5.10 Å². The number of carbonyl (C=O) groups is 1. The van der Waals surface area contributed by atoms with E-state index in [1.165, 1.54) is 17.7 Å². The maximum atomic E-state index is 12.2. The molecule has 0 fully saturated rings. The Kier molecular flexibility index (Phi) is 8.78. The van der Waals surface area contributed by atoms with Gasteiger partial charge in [0.25, 0.3) is 5.69 Å². The fraction of sp³-hybridized carbons (Fsp3) is 0.167. The highest BCUT2D eigenvalue weighted by Crippen LogP contribution is 2.29. The molecular weight excluding hydrogens is 648 g/mol. The van der Waals surface area contributed by atoms with Gasteiger partial charge >= 0.3 is 0 Å². The van der Waals surface area contributed by atoms with Crippen LogP contribution >= 0.6 is 45.2 Å². The summed E-state index contributed by atoms with van der Waals surface area (Å²) < 4.78 is 7.72. The largest absolute Gasteiger partial charge is 0.487 e. The Balaban J connectivity index is 1.59. The van der Waals surface area contributed by atoms with Crippen molar-refractivity contribution >= 4 is 63.0 Å². The van der Waals surface area contributed by atoms with Gasteiger partial charge in [0.1, 0.15) is 12.4 Å². The van der Waals surface area contributed by atoms with Gasteiger partial charge in [-0.05, 0) is 106 Å². The third kappa shape index (κ3) is 7.22. The number of nitro groups is 1. The van der Waals surface area contributed by atoms with Crippen LogP contribution in [-0.2, 0) is 17.8 Å². The van der Waals surface area contributed by atoms with Gasteiger partial charge < -0.3 is 4.74 Å². The van der Waals surface area contributed by atoms with Gasteiger partial charge in [-0.25, -0.2) is 5.43 Å². The summed E-state index contributed by atoms with van der Waals surface area (Å²) in [6.07, 6.45) is 1.87. The van der Waals surface area contributed by atoms with Gasteiger partial charge in [-0.15, -0.1) is 0 Å². The van der Waals surface area contributed by atoms with Crippen LogP contribution < -0.4 is 10.2 Å². The molecule has 0 atom stereocenters. The Bertz CT molecular complexity index is 1190. The third-order valence-electron chi connectivity index (χ3n) is 4.80. The first-order valence-electron chi connectivity index (χ1n) is 9.96. The van der Waals surface area contributed by atoms with Crippen molar-refractivity contribution in [2.75, 3.05) is 0 Å². The lowest BCUT2D eigenvalue weighted by molar-refractivity contribution is -0.384. The molecule has 0 aromatic heterocycles. The molecule has 0 saturated heterocycles. The van der Waals surface area contributed by atoms with E-state index in [4.69, 9.17) is 4.74 Å². The number of hydrogen-bond donors (Lipinski definition) is 1. The van der Waals surface area contributed by atoms with Crippen molar-refractivity contribution in [3.05, 3.63) is 99.7 Å². The molecule has 0 heterocycles. The fourth-order valence-corrected chi connectivity index (χ4v) is 5.22. The molecule has 1 amide bonds. The highest BCUT2D eigenvalue weighted by molar-refractivity contribution is 14.1. The predicted molar refractivity (Wildman–Crippen MR) is 145 cm³/mol. The zero-order valence-corrected chi connectivity index (χ0v) is 22.3. The standard InChI is InChI=1S/C24H21I2N3O4/c1-15-3-6-19(16(2)9-15)12-23(30)28-27-13-18-10-21(25)24(22(26)11-18)33-14-17-4-7-20(8-5-17)29(31)32/h3-11,13H,12,14H2,1-2H3,(H,28,30)/b27-13-. The van der Waals surface area contributed by atoms with Gasteiger partial charge in [0.2, 0.25) is 5.91 Å². The number of amides is 1. The van der Waals surface area contributed by atoms with Crippen molar-refractivity contribution in [2.45, 2.75) is 26.9 Å². The summed E-state index contributed by atoms with van der Waals surface area (Å²) in [5.41, 5.74) is 7.53. The Labute approximate surface area is 219 Å². The van der Waals surface area contributed by atoms with E-state index in [0.29, 0.717) is 6.61 Å². The van der Waals surface area contributed by atoms with E-state index in [9.17, 15) is 14.9 Å². The lowest BCUT2D eigenvalue weighted by Gasteiger charge is -2.11. The van der Waals surface area contributed by atoms with Crippen LogP contribution in [0.5, 0.6) is 5.75 Å². The zero-order chi connectivity index (χ0) is 24.0. The molecule has 3 aromatic rings. The number of aryl methyl sites for hydroxylation is 2.